The second-order valence-corrected chi connectivity index (χ2v) is 5.99. The van der Waals surface area contributed by atoms with Crippen LogP contribution in [0.25, 0.3) is 5.82 Å². The molecule has 4 nitrogen and oxygen atoms in total. The lowest BCUT2D eigenvalue weighted by molar-refractivity contribution is 0.548. The molecule has 0 aliphatic heterocycles. The van der Waals surface area contributed by atoms with Crippen molar-refractivity contribution >= 4 is 11.6 Å². The fourth-order valence-corrected chi connectivity index (χ4v) is 2.33. The quantitative estimate of drug-likeness (QED) is 0.849. The van der Waals surface area contributed by atoms with Crippen LogP contribution in [0.5, 0.6) is 0 Å². The lowest BCUT2D eigenvalue weighted by Gasteiger charge is -2.11. The SMILES string of the molecule is CCCc1nccn1-c1ccc(Cl)c(CNCC(C)C)n1. The van der Waals surface area contributed by atoms with Crippen LogP contribution < -0.4 is 5.32 Å². The van der Waals surface area contributed by atoms with Crippen molar-refractivity contribution < 1.29 is 0 Å². The third-order valence-corrected chi connectivity index (χ3v) is 3.53. The number of halogens is 1. The molecule has 0 saturated carbocycles. The molecule has 0 aliphatic rings. The van der Waals surface area contributed by atoms with Crippen molar-refractivity contribution in [3.05, 3.63) is 41.1 Å². The summed E-state index contributed by atoms with van der Waals surface area (Å²) in [6.45, 7) is 8.15. The molecule has 0 aromatic carbocycles. The van der Waals surface area contributed by atoms with E-state index in [2.05, 4.69) is 36.1 Å². The fraction of sp³-hybridized carbons (Fsp3) is 0.500. The van der Waals surface area contributed by atoms with Gasteiger partial charge in [-0.3, -0.25) is 4.57 Å². The summed E-state index contributed by atoms with van der Waals surface area (Å²) >= 11 is 6.25. The number of nitrogens with one attached hydrogen (secondary N) is 1. The molecule has 0 spiro atoms. The van der Waals surface area contributed by atoms with E-state index < -0.39 is 0 Å². The third kappa shape index (κ3) is 4.29. The highest BCUT2D eigenvalue weighted by Gasteiger charge is 2.09. The van der Waals surface area contributed by atoms with Crippen molar-refractivity contribution in [3.8, 4) is 5.82 Å². The molecule has 0 bridgehead atoms. The molecule has 2 rings (SSSR count). The molecule has 2 aromatic heterocycles. The Bertz CT molecular complexity index is 577. The average molecular weight is 307 g/mol. The van der Waals surface area contributed by atoms with E-state index in [4.69, 9.17) is 11.6 Å². The van der Waals surface area contributed by atoms with E-state index in [1.54, 1.807) is 0 Å². The summed E-state index contributed by atoms with van der Waals surface area (Å²) in [4.78, 5) is 9.08. The third-order valence-electron chi connectivity index (χ3n) is 3.19. The van der Waals surface area contributed by atoms with Crippen LogP contribution in [0.4, 0.5) is 0 Å². The molecule has 1 N–H and O–H groups in total. The Kier molecular flexibility index (Phi) is 5.76. The van der Waals surface area contributed by atoms with Gasteiger partial charge in [0.1, 0.15) is 11.6 Å². The monoisotopic (exact) mass is 306 g/mol. The summed E-state index contributed by atoms with van der Waals surface area (Å²) < 4.78 is 2.03. The number of rotatable bonds is 7. The molecule has 0 radical (unpaired) electrons. The second-order valence-electron chi connectivity index (χ2n) is 5.59. The minimum atomic E-state index is 0.608. The highest BCUT2D eigenvalue weighted by atomic mass is 35.5. The van der Waals surface area contributed by atoms with Gasteiger partial charge in [-0.15, -0.1) is 0 Å². The lowest BCUT2D eigenvalue weighted by atomic mass is 10.2. The molecule has 0 aliphatic carbocycles. The largest absolute Gasteiger partial charge is 0.311 e. The first-order chi connectivity index (χ1) is 10.1. The summed E-state index contributed by atoms with van der Waals surface area (Å²) in [6.07, 6.45) is 5.77. The maximum atomic E-state index is 6.25. The molecule has 114 valence electrons. The summed E-state index contributed by atoms with van der Waals surface area (Å²) in [5.41, 5.74) is 0.881. The maximum absolute atomic E-state index is 6.25. The number of nitrogens with zero attached hydrogens (tertiary/aromatic N) is 3. The summed E-state index contributed by atoms with van der Waals surface area (Å²) in [6, 6.07) is 3.85. The van der Waals surface area contributed by atoms with Crippen LogP contribution in [-0.4, -0.2) is 21.1 Å². The maximum Gasteiger partial charge on any atom is 0.138 e. The van der Waals surface area contributed by atoms with Crippen LogP contribution in [0.3, 0.4) is 0 Å². The fourth-order valence-electron chi connectivity index (χ4n) is 2.16. The molecule has 0 saturated heterocycles. The van der Waals surface area contributed by atoms with Gasteiger partial charge in [-0.1, -0.05) is 32.4 Å². The van der Waals surface area contributed by atoms with Crippen molar-refractivity contribution in [2.75, 3.05) is 6.54 Å². The van der Waals surface area contributed by atoms with Gasteiger partial charge in [0.05, 0.1) is 10.7 Å². The number of imidazole rings is 1. The first kappa shape index (κ1) is 16.0. The van der Waals surface area contributed by atoms with Gasteiger partial charge in [0.15, 0.2) is 0 Å². The van der Waals surface area contributed by atoms with Crippen molar-refractivity contribution in [3.63, 3.8) is 0 Å². The smallest absolute Gasteiger partial charge is 0.138 e. The number of hydrogen-bond acceptors (Lipinski definition) is 3. The summed E-state index contributed by atoms with van der Waals surface area (Å²) in [5, 5.41) is 4.08. The molecular formula is C16H23ClN4. The van der Waals surface area contributed by atoms with Crippen LogP contribution in [0.2, 0.25) is 5.02 Å². The van der Waals surface area contributed by atoms with Gasteiger partial charge in [0.25, 0.3) is 0 Å². The summed E-state index contributed by atoms with van der Waals surface area (Å²) in [7, 11) is 0. The average Bonchev–Trinajstić information content (AvgIpc) is 2.89. The van der Waals surface area contributed by atoms with E-state index in [-0.39, 0.29) is 0 Å². The van der Waals surface area contributed by atoms with Crippen molar-refractivity contribution in [1.82, 2.24) is 19.9 Å². The molecule has 0 amide bonds. The normalized spacial score (nSPS) is 11.3. The standard InChI is InChI=1S/C16H23ClN4/c1-4-5-15-19-8-9-21(15)16-7-6-13(17)14(20-16)11-18-10-12(2)3/h6-9,12,18H,4-5,10-11H2,1-3H3. The van der Waals surface area contributed by atoms with Gasteiger partial charge in [-0.2, -0.15) is 0 Å². The van der Waals surface area contributed by atoms with E-state index >= 15 is 0 Å². The van der Waals surface area contributed by atoms with Crippen molar-refractivity contribution in [2.24, 2.45) is 5.92 Å². The zero-order valence-electron chi connectivity index (χ0n) is 12.9. The Morgan fingerprint density at radius 2 is 2.14 bits per heavy atom. The van der Waals surface area contributed by atoms with E-state index in [9.17, 15) is 0 Å². The Morgan fingerprint density at radius 3 is 2.86 bits per heavy atom. The number of hydrogen-bond donors (Lipinski definition) is 1. The Morgan fingerprint density at radius 1 is 1.33 bits per heavy atom. The number of pyridine rings is 1. The molecule has 0 atom stereocenters. The zero-order valence-corrected chi connectivity index (χ0v) is 13.7. The minimum Gasteiger partial charge on any atom is -0.311 e. The predicted molar refractivity (Wildman–Crippen MR) is 86.9 cm³/mol. The van der Waals surface area contributed by atoms with E-state index in [0.717, 1.165) is 36.7 Å². The highest BCUT2D eigenvalue weighted by molar-refractivity contribution is 6.31. The predicted octanol–water partition coefficient (Wildman–Crippen LogP) is 3.62. The van der Waals surface area contributed by atoms with Crippen LogP contribution in [-0.2, 0) is 13.0 Å². The van der Waals surface area contributed by atoms with Gasteiger partial charge < -0.3 is 5.32 Å². The van der Waals surface area contributed by atoms with Gasteiger partial charge >= 0.3 is 0 Å². The first-order valence-corrected chi connectivity index (χ1v) is 7.88. The van der Waals surface area contributed by atoms with E-state index in [1.807, 2.05) is 29.1 Å². The second kappa shape index (κ2) is 7.57. The topological polar surface area (TPSA) is 42.7 Å². The molecular weight excluding hydrogens is 284 g/mol. The highest BCUT2D eigenvalue weighted by Crippen LogP contribution is 2.17. The summed E-state index contributed by atoms with van der Waals surface area (Å²) in [5.74, 6) is 2.52. The van der Waals surface area contributed by atoms with Gasteiger partial charge in [0.2, 0.25) is 0 Å². The van der Waals surface area contributed by atoms with E-state index in [0.29, 0.717) is 17.5 Å². The molecule has 5 heteroatoms. The van der Waals surface area contributed by atoms with Gasteiger partial charge in [-0.25, -0.2) is 9.97 Å². The molecule has 21 heavy (non-hydrogen) atoms. The molecule has 0 fully saturated rings. The van der Waals surface area contributed by atoms with Crippen molar-refractivity contribution in [2.45, 2.75) is 40.2 Å². The van der Waals surface area contributed by atoms with Gasteiger partial charge in [-0.05, 0) is 31.0 Å². The Hall–Kier alpha value is -1.39. The van der Waals surface area contributed by atoms with Crippen LogP contribution in [0.15, 0.2) is 24.5 Å². The molecule has 0 unspecified atom stereocenters. The minimum absolute atomic E-state index is 0.608. The van der Waals surface area contributed by atoms with Crippen molar-refractivity contribution in [1.29, 1.82) is 0 Å². The number of aryl methyl sites for hydroxylation is 1. The Balaban J connectivity index is 2.19. The van der Waals surface area contributed by atoms with Crippen LogP contribution >= 0.6 is 11.6 Å². The zero-order chi connectivity index (χ0) is 15.2. The molecule has 2 heterocycles. The van der Waals surface area contributed by atoms with Gasteiger partial charge in [0, 0.05) is 25.4 Å². The molecule has 2 aromatic rings. The first-order valence-electron chi connectivity index (χ1n) is 7.50. The Labute approximate surface area is 131 Å². The van der Waals surface area contributed by atoms with Crippen LogP contribution in [0, 0.1) is 5.92 Å². The van der Waals surface area contributed by atoms with E-state index in [1.165, 1.54) is 0 Å². The number of aromatic nitrogens is 3. The lowest BCUT2D eigenvalue weighted by Crippen LogP contribution is -2.20. The van der Waals surface area contributed by atoms with Crippen LogP contribution in [0.1, 0.15) is 38.7 Å².